The maximum Gasteiger partial charge on any atom is 0.310 e. The zero-order valence-corrected chi connectivity index (χ0v) is 12.5. The number of esters is 1. The summed E-state index contributed by atoms with van der Waals surface area (Å²) in [6.45, 7) is 1.87. The summed E-state index contributed by atoms with van der Waals surface area (Å²) in [4.78, 5) is 15.3. The largest absolute Gasteiger partial charge is 0.466 e. The van der Waals surface area contributed by atoms with Crippen LogP contribution in [0.5, 0.6) is 0 Å². The number of carbonyl (C=O) groups is 1. The normalized spacial score (nSPS) is 10.8. The molecule has 0 N–H and O–H groups in total. The number of pyridine rings is 1. The average Bonchev–Trinajstić information content (AvgIpc) is 2.27. The summed E-state index contributed by atoms with van der Waals surface area (Å²) in [5.74, 6) is -0.659. The number of aromatic nitrogens is 1. The molecule has 0 saturated heterocycles. The lowest BCUT2D eigenvalue weighted by Crippen LogP contribution is -2.12. The van der Waals surface area contributed by atoms with E-state index in [9.17, 15) is 13.6 Å². The number of ether oxygens (including phenoxy) is 1. The van der Waals surface area contributed by atoms with E-state index in [-0.39, 0.29) is 35.7 Å². The topological polar surface area (TPSA) is 39.2 Å². The minimum Gasteiger partial charge on any atom is -0.466 e. The van der Waals surface area contributed by atoms with Gasteiger partial charge in [0, 0.05) is 5.56 Å². The molecule has 0 aliphatic carbocycles. The van der Waals surface area contributed by atoms with Crippen molar-refractivity contribution in [1.29, 1.82) is 0 Å². The minimum atomic E-state index is -2.72. The van der Waals surface area contributed by atoms with E-state index in [4.69, 9.17) is 16.3 Å². The summed E-state index contributed by atoms with van der Waals surface area (Å²) < 4.78 is 31.3. The summed E-state index contributed by atoms with van der Waals surface area (Å²) >= 11 is 7.50. The molecule has 1 heterocycles. The van der Waals surface area contributed by atoms with Crippen LogP contribution < -0.4 is 0 Å². The SMILES string of the molecule is CCOC(=O)Cc1cc(I)nc(CCl)c1C(F)F. The molecule has 0 saturated carbocycles. The second-order valence-corrected chi connectivity index (χ2v) is 4.75. The standard InChI is InChI=1S/C11H11ClF2INO2/c1-2-18-9(17)4-6-3-8(15)16-7(5-12)10(6)11(13)14/h3,11H,2,4-5H2,1H3. The van der Waals surface area contributed by atoms with E-state index < -0.39 is 12.4 Å². The molecule has 1 aromatic rings. The van der Waals surface area contributed by atoms with E-state index in [2.05, 4.69) is 4.98 Å². The van der Waals surface area contributed by atoms with Crippen LogP contribution in [0.4, 0.5) is 8.78 Å². The first kappa shape index (κ1) is 15.6. The van der Waals surface area contributed by atoms with Crippen molar-refractivity contribution in [2.75, 3.05) is 6.61 Å². The smallest absolute Gasteiger partial charge is 0.310 e. The lowest BCUT2D eigenvalue weighted by molar-refractivity contribution is -0.142. The molecule has 7 heteroatoms. The molecule has 0 spiro atoms. The van der Waals surface area contributed by atoms with Crippen LogP contribution in [0.2, 0.25) is 0 Å². The molecule has 3 nitrogen and oxygen atoms in total. The molecule has 1 aromatic heterocycles. The van der Waals surface area contributed by atoms with Crippen LogP contribution in [-0.2, 0) is 21.8 Å². The molecule has 0 aliphatic heterocycles. The third-order valence-corrected chi connectivity index (χ3v) is 2.98. The molecule has 0 aromatic carbocycles. The first-order chi connectivity index (χ1) is 8.49. The van der Waals surface area contributed by atoms with Crippen LogP contribution >= 0.6 is 34.2 Å². The highest BCUT2D eigenvalue weighted by molar-refractivity contribution is 14.1. The second-order valence-electron chi connectivity index (χ2n) is 3.38. The van der Waals surface area contributed by atoms with E-state index in [1.54, 1.807) is 6.92 Å². The Balaban J connectivity index is 3.15. The van der Waals surface area contributed by atoms with Crippen molar-refractivity contribution < 1.29 is 18.3 Å². The Bertz CT molecular complexity index is 443. The van der Waals surface area contributed by atoms with Gasteiger partial charge in [-0.2, -0.15) is 0 Å². The maximum atomic E-state index is 13.0. The molecular weight excluding hydrogens is 378 g/mol. The van der Waals surface area contributed by atoms with Crippen molar-refractivity contribution >= 4 is 40.2 Å². The van der Waals surface area contributed by atoms with Crippen molar-refractivity contribution in [2.24, 2.45) is 0 Å². The number of halogens is 4. The number of hydrogen-bond donors (Lipinski definition) is 0. The predicted octanol–water partition coefficient (Wildman–Crippen LogP) is 3.47. The quantitative estimate of drug-likeness (QED) is 0.335. The van der Waals surface area contributed by atoms with Crippen LogP contribution in [0.1, 0.15) is 30.2 Å². The van der Waals surface area contributed by atoms with Crippen molar-refractivity contribution in [2.45, 2.75) is 25.7 Å². The van der Waals surface area contributed by atoms with E-state index in [0.717, 1.165) is 0 Å². The fourth-order valence-electron chi connectivity index (χ4n) is 1.51. The van der Waals surface area contributed by atoms with Crippen molar-refractivity contribution in [3.8, 4) is 0 Å². The van der Waals surface area contributed by atoms with Gasteiger partial charge in [-0.1, -0.05) is 0 Å². The second kappa shape index (κ2) is 7.18. The van der Waals surface area contributed by atoms with Gasteiger partial charge in [0.05, 0.1) is 24.6 Å². The number of rotatable bonds is 5. The molecule has 0 aliphatic rings. The third kappa shape index (κ3) is 4.01. The number of carbonyl (C=O) groups excluding carboxylic acids is 1. The van der Waals surface area contributed by atoms with E-state index in [0.29, 0.717) is 3.70 Å². The molecule has 0 bridgehead atoms. The number of hydrogen-bond acceptors (Lipinski definition) is 3. The van der Waals surface area contributed by atoms with Gasteiger partial charge in [-0.25, -0.2) is 13.8 Å². The highest BCUT2D eigenvalue weighted by Gasteiger charge is 2.21. The zero-order valence-electron chi connectivity index (χ0n) is 9.55. The third-order valence-electron chi connectivity index (χ3n) is 2.18. The predicted molar refractivity (Wildman–Crippen MR) is 71.8 cm³/mol. The summed E-state index contributed by atoms with van der Waals surface area (Å²) in [6.07, 6.45) is -2.91. The van der Waals surface area contributed by atoms with Crippen molar-refractivity contribution in [1.82, 2.24) is 4.98 Å². The molecule has 0 radical (unpaired) electrons. The van der Waals surface area contributed by atoms with Gasteiger partial charge in [0.1, 0.15) is 3.70 Å². The van der Waals surface area contributed by atoms with Crippen LogP contribution in [0.15, 0.2) is 6.07 Å². The number of alkyl halides is 3. The van der Waals surface area contributed by atoms with Gasteiger partial charge in [-0.3, -0.25) is 4.79 Å². The molecule has 1 rings (SSSR count). The molecule has 0 unspecified atom stereocenters. The average molecular weight is 390 g/mol. The van der Waals surface area contributed by atoms with Gasteiger partial charge < -0.3 is 4.74 Å². The van der Waals surface area contributed by atoms with Crippen molar-refractivity contribution in [3.63, 3.8) is 0 Å². The highest BCUT2D eigenvalue weighted by atomic mass is 127. The van der Waals surface area contributed by atoms with Gasteiger partial charge in [0.2, 0.25) is 0 Å². The van der Waals surface area contributed by atoms with Crippen LogP contribution in [0, 0.1) is 3.70 Å². The lowest BCUT2D eigenvalue weighted by Gasteiger charge is -2.12. The Morgan fingerprint density at radius 2 is 2.28 bits per heavy atom. The monoisotopic (exact) mass is 389 g/mol. The fourth-order valence-corrected chi connectivity index (χ4v) is 2.38. The van der Waals surface area contributed by atoms with E-state index in [1.165, 1.54) is 6.07 Å². The minimum absolute atomic E-state index is 0.109. The van der Waals surface area contributed by atoms with E-state index in [1.807, 2.05) is 22.6 Å². The Labute approximate surface area is 122 Å². The van der Waals surface area contributed by atoms with Crippen LogP contribution in [0.3, 0.4) is 0 Å². The Hall–Kier alpha value is -0.500. The highest BCUT2D eigenvalue weighted by Crippen LogP contribution is 2.28. The maximum absolute atomic E-state index is 13.0. The summed E-state index contributed by atoms with van der Waals surface area (Å²) in [6, 6.07) is 1.45. The van der Waals surface area contributed by atoms with E-state index >= 15 is 0 Å². The molecule has 0 fully saturated rings. The fraction of sp³-hybridized carbons (Fsp3) is 0.455. The van der Waals surface area contributed by atoms with Gasteiger partial charge in [-0.15, -0.1) is 11.6 Å². The Kier molecular flexibility index (Phi) is 6.20. The van der Waals surface area contributed by atoms with Crippen molar-refractivity contribution in [3.05, 3.63) is 26.6 Å². The Morgan fingerprint density at radius 3 is 2.78 bits per heavy atom. The summed E-state index contributed by atoms with van der Waals surface area (Å²) in [7, 11) is 0. The molecule has 0 amide bonds. The molecule has 18 heavy (non-hydrogen) atoms. The zero-order chi connectivity index (χ0) is 13.7. The number of nitrogens with zero attached hydrogens (tertiary/aromatic N) is 1. The molecular formula is C11H11ClF2INO2. The van der Waals surface area contributed by atoms with Crippen LogP contribution in [-0.4, -0.2) is 17.6 Å². The Morgan fingerprint density at radius 1 is 1.61 bits per heavy atom. The first-order valence-corrected chi connectivity index (χ1v) is 6.78. The van der Waals surface area contributed by atoms with Gasteiger partial charge >= 0.3 is 5.97 Å². The first-order valence-electron chi connectivity index (χ1n) is 5.17. The van der Waals surface area contributed by atoms with Gasteiger partial charge in [-0.05, 0) is 41.1 Å². The van der Waals surface area contributed by atoms with Gasteiger partial charge in [0.15, 0.2) is 0 Å². The molecule has 100 valence electrons. The summed E-state index contributed by atoms with van der Waals surface area (Å²) in [5, 5.41) is 0. The van der Waals surface area contributed by atoms with Crippen LogP contribution in [0.25, 0.3) is 0 Å². The van der Waals surface area contributed by atoms with Gasteiger partial charge in [0.25, 0.3) is 6.43 Å². The molecule has 0 atom stereocenters. The summed E-state index contributed by atoms with van der Waals surface area (Å²) in [5.41, 5.74) is 0.0647. The lowest BCUT2D eigenvalue weighted by atomic mass is 10.0.